The van der Waals surface area contributed by atoms with Crippen molar-refractivity contribution in [3.63, 3.8) is 0 Å². The summed E-state index contributed by atoms with van der Waals surface area (Å²) >= 11 is 0. The third-order valence-corrected chi connectivity index (χ3v) is 5.70. The predicted octanol–water partition coefficient (Wildman–Crippen LogP) is 3.91. The first-order valence-electron chi connectivity index (χ1n) is 9.95. The van der Waals surface area contributed by atoms with Crippen molar-refractivity contribution in [3.8, 4) is 0 Å². The fraction of sp³-hybridized carbons (Fsp3) is 0.304. The van der Waals surface area contributed by atoms with Crippen molar-refractivity contribution < 1.29 is 19.1 Å². The molecule has 0 aliphatic carbocycles. The number of carbonyl (C=O) groups excluding carboxylic acids is 2. The number of ether oxygens (including phenoxy) is 2. The Morgan fingerprint density at radius 2 is 2.00 bits per heavy atom. The molecule has 5 rings (SSSR count). The average Bonchev–Trinajstić information content (AvgIpc) is 3.21. The number of rotatable bonds is 5. The summed E-state index contributed by atoms with van der Waals surface area (Å²) in [7, 11) is 0. The number of para-hydroxylation sites is 1. The summed E-state index contributed by atoms with van der Waals surface area (Å²) in [4.78, 5) is 25.4. The van der Waals surface area contributed by atoms with Crippen LogP contribution in [0.5, 0.6) is 0 Å². The third-order valence-electron chi connectivity index (χ3n) is 5.70. The van der Waals surface area contributed by atoms with Crippen LogP contribution in [0.2, 0.25) is 0 Å². The van der Waals surface area contributed by atoms with E-state index in [9.17, 15) is 9.59 Å². The highest BCUT2D eigenvalue weighted by atomic mass is 16.7. The summed E-state index contributed by atoms with van der Waals surface area (Å²) in [6, 6.07) is 9.89. The standard InChI is InChI=1S/C23H22N2O4/c1-2-10-25-16-8-4-3-7-15(16)20-17(25)12-14(13-29-18-9-5-6-11-28-18)19-21(20)23(27)24-22(19)26/h2-4,7-8,12,18H,1,5-6,9-11,13H2,(H,24,26,27). The normalized spacial score (nSPS) is 19.0. The number of amides is 2. The molecule has 1 N–H and O–H groups in total. The summed E-state index contributed by atoms with van der Waals surface area (Å²) in [6.07, 6.45) is 4.51. The second-order valence-electron chi connectivity index (χ2n) is 7.49. The Balaban J connectivity index is 1.71. The molecule has 3 heterocycles. The van der Waals surface area contributed by atoms with Crippen molar-refractivity contribution in [1.82, 2.24) is 9.88 Å². The van der Waals surface area contributed by atoms with Gasteiger partial charge in [-0.25, -0.2) is 0 Å². The molecular weight excluding hydrogens is 368 g/mol. The van der Waals surface area contributed by atoms with Crippen molar-refractivity contribution in [3.05, 3.63) is 59.7 Å². The highest BCUT2D eigenvalue weighted by Gasteiger charge is 2.34. The number of carbonyl (C=O) groups is 2. The van der Waals surface area contributed by atoms with Crippen molar-refractivity contribution >= 4 is 33.6 Å². The van der Waals surface area contributed by atoms with Crippen LogP contribution in [0.4, 0.5) is 0 Å². The van der Waals surface area contributed by atoms with Gasteiger partial charge in [-0.15, -0.1) is 6.58 Å². The molecule has 148 valence electrons. The molecule has 0 spiro atoms. The fourth-order valence-corrected chi connectivity index (χ4v) is 4.44. The molecule has 1 atom stereocenters. The van der Waals surface area contributed by atoms with E-state index in [4.69, 9.17) is 9.47 Å². The van der Waals surface area contributed by atoms with E-state index in [1.165, 1.54) is 0 Å². The van der Waals surface area contributed by atoms with Crippen LogP contribution in [0, 0.1) is 0 Å². The zero-order chi connectivity index (χ0) is 20.0. The van der Waals surface area contributed by atoms with Gasteiger partial charge in [0.05, 0.1) is 23.3 Å². The maximum absolute atomic E-state index is 12.7. The number of allylic oxidation sites excluding steroid dienone is 1. The number of benzene rings is 2. The lowest BCUT2D eigenvalue weighted by molar-refractivity contribution is -0.168. The van der Waals surface area contributed by atoms with Crippen LogP contribution in [-0.2, 0) is 22.6 Å². The van der Waals surface area contributed by atoms with Crippen LogP contribution in [-0.4, -0.2) is 29.3 Å². The van der Waals surface area contributed by atoms with Crippen molar-refractivity contribution in [2.24, 2.45) is 0 Å². The molecule has 2 aromatic carbocycles. The molecule has 0 radical (unpaired) electrons. The maximum atomic E-state index is 12.7. The van der Waals surface area contributed by atoms with Gasteiger partial charge in [-0.2, -0.15) is 0 Å². The largest absolute Gasteiger partial charge is 0.353 e. The number of hydrogen-bond acceptors (Lipinski definition) is 4. The van der Waals surface area contributed by atoms with Crippen LogP contribution in [0.1, 0.15) is 45.5 Å². The molecule has 1 fully saturated rings. The number of nitrogens with zero attached hydrogens (tertiary/aromatic N) is 1. The smallest absolute Gasteiger partial charge is 0.259 e. The minimum Gasteiger partial charge on any atom is -0.353 e. The molecule has 29 heavy (non-hydrogen) atoms. The van der Waals surface area contributed by atoms with E-state index in [-0.39, 0.29) is 24.7 Å². The minimum absolute atomic E-state index is 0.221. The molecule has 2 aliphatic rings. The average molecular weight is 390 g/mol. The van der Waals surface area contributed by atoms with E-state index in [1.54, 1.807) is 0 Å². The first-order valence-corrected chi connectivity index (χ1v) is 9.95. The van der Waals surface area contributed by atoms with Gasteiger partial charge in [0, 0.05) is 29.4 Å². The summed E-state index contributed by atoms with van der Waals surface area (Å²) < 4.78 is 13.7. The first kappa shape index (κ1) is 18.1. The zero-order valence-electron chi connectivity index (χ0n) is 16.1. The highest BCUT2D eigenvalue weighted by Crippen LogP contribution is 2.37. The molecule has 2 aliphatic heterocycles. The monoisotopic (exact) mass is 390 g/mol. The molecule has 0 bridgehead atoms. The van der Waals surface area contributed by atoms with Crippen molar-refractivity contribution in [2.45, 2.75) is 38.7 Å². The summed E-state index contributed by atoms with van der Waals surface area (Å²) in [6.45, 7) is 5.39. The Kier molecular flexibility index (Phi) is 4.45. The Hall–Kier alpha value is -2.96. The topological polar surface area (TPSA) is 69.6 Å². The summed E-state index contributed by atoms with van der Waals surface area (Å²) in [5, 5.41) is 4.22. The lowest BCUT2D eigenvalue weighted by Crippen LogP contribution is -2.23. The Morgan fingerprint density at radius 3 is 2.79 bits per heavy atom. The van der Waals surface area contributed by atoms with Crippen LogP contribution in [0.25, 0.3) is 21.8 Å². The van der Waals surface area contributed by atoms with Gasteiger partial charge in [-0.1, -0.05) is 24.3 Å². The van der Waals surface area contributed by atoms with E-state index in [1.807, 2.05) is 36.4 Å². The van der Waals surface area contributed by atoms with E-state index >= 15 is 0 Å². The lowest BCUT2D eigenvalue weighted by atomic mass is 9.97. The second kappa shape index (κ2) is 7.13. The number of nitrogens with one attached hydrogen (secondary N) is 1. The molecular formula is C23H22N2O4. The lowest BCUT2D eigenvalue weighted by Gasteiger charge is -2.23. The van der Waals surface area contributed by atoms with E-state index in [2.05, 4.69) is 16.5 Å². The first-order chi connectivity index (χ1) is 14.2. The van der Waals surface area contributed by atoms with Crippen LogP contribution >= 0.6 is 0 Å². The van der Waals surface area contributed by atoms with Crippen LogP contribution < -0.4 is 5.32 Å². The molecule has 6 nitrogen and oxygen atoms in total. The van der Waals surface area contributed by atoms with Gasteiger partial charge in [-0.3, -0.25) is 14.9 Å². The Labute approximate surface area is 168 Å². The molecule has 3 aromatic rings. The van der Waals surface area contributed by atoms with Crippen LogP contribution in [0.15, 0.2) is 43.0 Å². The third kappa shape index (κ3) is 2.87. The molecule has 1 saturated heterocycles. The molecule has 1 aromatic heterocycles. The number of imide groups is 1. The van der Waals surface area contributed by atoms with Gasteiger partial charge in [0.2, 0.25) is 0 Å². The predicted molar refractivity (Wildman–Crippen MR) is 110 cm³/mol. The van der Waals surface area contributed by atoms with E-state index in [0.29, 0.717) is 29.8 Å². The Morgan fingerprint density at radius 1 is 1.17 bits per heavy atom. The highest BCUT2D eigenvalue weighted by molar-refractivity contribution is 6.30. The van der Waals surface area contributed by atoms with Gasteiger partial charge in [0.15, 0.2) is 6.29 Å². The minimum atomic E-state index is -0.365. The quantitative estimate of drug-likeness (QED) is 0.530. The summed E-state index contributed by atoms with van der Waals surface area (Å²) in [5.41, 5.74) is 3.47. The molecule has 0 saturated carbocycles. The SMILES string of the molecule is C=CCn1c2ccccc2c2c3c(c(COC4CCCCO4)cc21)C(=O)NC3=O. The van der Waals surface area contributed by atoms with Crippen molar-refractivity contribution in [2.75, 3.05) is 6.61 Å². The second-order valence-corrected chi connectivity index (χ2v) is 7.49. The van der Waals surface area contributed by atoms with Gasteiger partial charge >= 0.3 is 0 Å². The van der Waals surface area contributed by atoms with Gasteiger partial charge in [0.25, 0.3) is 11.8 Å². The number of hydrogen-bond donors (Lipinski definition) is 1. The summed E-state index contributed by atoms with van der Waals surface area (Å²) in [5.74, 6) is -0.720. The molecule has 6 heteroatoms. The van der Waals surface area contributed by atoms with Gasteiger partial charge in [-0.05, 0) is 37.0 Å². The maximum Gasteiger partial charge on any atom is 0.259 e. The number of aromatic nitrogens is 1. The fourth-order valence-electron chi connectivity index (χ4n) is 4.44. The van der Waals surface area contributed by atoms with E-state index < -0.39 is 0 Å². The van der Waals surface area contributed by atoms with E-state index in [0.717, 1.165) is 41.1 Å². The van der Waals surface area contributed by atoms with Crippen LogP contribution in [0.3, 0.4) is 0 Å². The Bertz CT molecular complexity index is 1150. The zero-order valence-corrected chi connectivity index (χ0v) is 16.1. The van der Waals surface area contributed by atoms with Gasteiger partial charge < -0.3 is 14.0 Å². The molecule has 1 unspecified atom stereocenters. The van der Waals surface area contributed by atoms with Crippen molar-refractivity contribution in [1.29, 1.82) is 0 Å². The van der Waals surface area contributed by atoms with Gasteiger partial charge in [0.1, 0.15) is 0 Å². The number of fused-ring (bicyclic) bond motifs is 5. The molecule has 2 amide bonds.